The Balaban J connectivity index is 2.18. The first kappa shape index (κ1) is 15.7. The van der Waals surface area contributed by atoms with Crippen LogP contribution in [0, 0.1) is 0 Å². The summed E-state index contributed by atoms with van der Waals surface area (Å²) in [6, 6.07) is 6.69. The SMILES string of the molecule is Clc1cc(Cl)c(N/N=C\c2cccc(Cl)c2Cl)nc1Cl. The van der Waals surface area contributed by atoms with E-state index < -0.39 is 0 Å². The molecule has 20 heavy (non-hydrogen) atoms. The molecule has 0 saturated carbocycles. The van der Waals surface area contributed by atoms with Gasteiger partial charge in [0.2, 0.25) is 0 Å². The molecule has 104 valence electrons. The van der Waals surface area contributed by atoms with Crippen molar-refractivity contribution >= 4 is 70.0 Å². The van der Waals surface area contributed by atoms with E-state index in [4.69, 9.17) is 58.0 Å². The van der Waals surface area contributed by atoms with Gasteiger partial charge in [0.05, 0.1) is 26.3 Å². The zero-order chi connectivity index (χ0) is 14.7. The van der Waals surface area contributed by atoms with Crippen LogP contribution in [0.5, 0.6) is 0 Å². The summed E-state index contributed by atoms with van der Waals surface area (Å²) in [6.07, 6.45) is 1.49. The number of hydrogen-bond donors (Lipinski definition) is 1. The van der Waals surface area contributed by atoms with Gasteiger partial charge in [0.15, 0.2) is 5.82 Å². The number of anilines is 1. The number of hydrogen-bond acceptors (Lipinski definition) is 3. The second-order valence-corrected chi connectivity index (χ2v) is 5.56. The van der Waals surface area contributed by atoms with Gasteiger partial charge in [-0.3, -0.25) is 5.43 Å². The topological polar surface area (TPSA) is 37.3 Å². The highest BCUT2D eigenvalue weighted by Crippen LogP contribution is 2.29. The minimum absolute atomic E-state index is 0.134. The summed E-state index contributed by atoms with van der Waals surface area (Å²) in [6.45, 7) is 0. The molecule has 1 aromatic heterocycles. The van der Waals surface area contributed by atoms with E-state index in [1.807, 2.05) is 0 Å². The Morgan fingerprint density at radius 2 is 1.75 bits per heavy atom. The number of aromatic nitrogens is 1. The maximum Gasteiger partial charge on any atom is 0.166 e. The van der Waals surface area contributed by atoms with Gasteiger partial charge in [-0.2, -0.15) is 5.10 Å². The molecule has 3 nitrogen and oxygen atoms in total. The van der Waals surface area contributed by atoms with Gasteiger partial charge in [0.1, 0.15) is 5.15 Å². The Bertz CT molecular complexity index is 672. The normalized spacial score (nSPS) is 11.1. The monoisotopic (exact) mass is 367 g/mol. The fourth-order valence-electron chi connectivity index (χ4n) is 1.31. The van der Waals surface area contributed by atoms with E-state index in [9.17, 15) is 0 Å². The quantitative estimate of drug-likeness (QED) is 0.422. The summed E-state index contributed by atoms with van der Waals surface area (Å²) in [4.78, 5) is 3.96. The smallest absolute Gasteiger partial charge is 0.166 e. The van der Waals surface area contributed by atoms with Crippen molar-refractivity contribution in [2.45, 2.75) is 0 Å². The Kier molecular flexibility index (Phi) is 5.35. The summed E-state index contributed by atoms with van der Waals surface area (Å²) >= 11 is 29.4. The molecule has 0 aliphatic heterocycles. The van der Waals surface area contributed by atoms with Crippen LogP contribution in [0.2, 0.25) is 25.2 Å². The van der Waals surface area contributed by atoms with Crippen molar-refractivity contribution < 1.29 is 0 Å². The molecule has 0 saturated heterocycles. The van der Waals surface area contributed by atoms with Crippen LogP contribution < -0.4 is 5.43 Å². The molecule has 1 N–H and O–H groups in total. The van der Waals surface area contributed by atoms with Crippen molar-refractivity contribution in [1.29, 1.82) is 0 Å². The summed E-state index contributed by atoms with van der Waals surface area (Å²) in [5.41, 5.74) is 3.31. The first-order chi connectivity index (χ1) is 9.49. The van der Waals surface area contributed by atoms with E-state index in [0.29, 0.717) is 20.6 Å². The number of halogens is 5. The number of benzene rings is 1. The van der Waals surface area contributed by atoms with Crippen LogP contribution in [-0.4, -0.2) is 11.2 Å². The lowest BCUT2D eigenvalue weighted by Gasteiger charge is -2.04. The number of hydrazone groups is 1. The predicted octanol–water partition coefficient (Wildman–Crippen LogP) is 5.79. The molecule has 2 aromatic rings. The first-order valence-electron chi connectivity index (χ1n) is 5.23. The predicted molar refractivity (Wildman–Crippen MR) is 86.9 cm³/mol. The minimum Gasteiger partial charge on any atom is -0.260 e. The van der Waals surface area contributed by atoms with Crippen molar-refractivity contribution in [3.63, 3.8) is 0 Å². The second-order valence-electron chi connectivity index (χ2n) is 3.60. The molecular formula is C12H6Cl5N3. The fraction of sp³-hybridized carbons (Fsp3) is 0. The molecule has 1 heterocycles. The molecule has 0 amide bonds. The van der Waals surface area contributed by atoms with Crippen molar-refractivity contribution in [2.75, 3.05) is 5.43 Å². The van der Waals surface area contributed by atoms with Gasteiger partial charge in [-0.25, -0.2) is 4.98 Å². The van der Waals surface area contributed by atoms with E-state index in [1.165, 1.54) is 12.3 Å². The maximum atomic E-state index is 6.02. The maximum absolute atomic E-state index is 6.02. The van der Waals surface area contributed by atoms with E-state index >= 15 is 0 Å². The van der Waals surface area contributed by atoms with Gasteiger partial charge in [0.25, 0.3) is 0 Å². The van der Waals surface area contributed by atoms with Gasteiger partial charge in [-0.05, 0) is 12.1 Å². The molecule has 0 unspecified atom stereocenters. The van der Waals surface area contributed by atoms with E-state index in [0.717, 1.165) is 0 Å². The zero-order valence-corrected chi connectivity index (χ0v) is 13.5. The van der Waals surface area contributed by atoms with Gasteiger partial charge < -0.3 is 0 Å². The highest BCUT2D eigenvalue weighted by atomic mass is 35.5. The molecule has 0 bridgehead atoms. The number of pyridine rings is 1. The van der Waals surface area contributed by atoms with E-state index in [2.05, 4.69) is 15.5 Å². The first-order valence-corrected chi connectivity index (χ1v) is 7.12. The molecule has 0 aliphatic rings. The van der Waals surface area contributed by atoms with Crippen molar-refractivity contribution in [2.24, 2.45) is 5.10 Å². The molecule has 0 aliphatic carbocycles. The standard InChI is InChI=1S/C12H6Cl5N3/c13-7-3-1-2-6(10(7)16)5-18-20-12-9(15)4-8(14)11(17)19-12/h1-5H,(H,19,20)/b18-5-. The minimum atomic E-state index is 0.134. The van der Waals surface area contributed by atoms with Crippen LogP contribution in [0.25, 0.3) is 0 Å². The van der Waals surface area contributed by atoms with Crippen LogP contribution in [-0.2, 0) is 0 Å². The average Bonchev–Trinajstić information content (AvgIpc) is 2.40. The zero-order valence-electron chi connectivity index (χ0n) is 9.67. The van der Waals surface area contributed by atoms with Crippen LogP contribution >= 0.6 is 58.0 Å². The van der Waals surface area contributed by atoms with E-state index in [-0.39, 0.29) is 16.0 Å². The number of rotatable bonds is 3. The van der Waals surface area contributed by atoms with Gasteiger partial charge in [0, 0.05) is 5.56 Å². The third-order valence-electron chi connectivity index (χ3n) is 2.24. The molecule has 0 spiro atoms. The van der Waals surface area contributed by atoms with Crippen molar-refractivity contribution in [1.82, 2.24) is 4.98 Å². The summed E-state index contributed by atoms with van der Waals surface area (Å²) in [7, 11) is 0. The Morgan fingerprint density at radius 1 is 1.00 bits per heavy atom. The Hall–Kier alpha value is -0.710. The third kappa shape index (κ3) is 3.68. The molecule has 8 heteroatoms. The number of nitrogens with one attached hydrogen (secondary N) is 1. The fourth-order valence-corrected chi connectivity index (χ4v) is 2.20. The lowest BCUT2D eigenvalue weighted by atomic mass is 10.2. The van der Waals surface area contributed by atoms with Gasteiger partial charge in [-0.1, -0.05) is 70.1 Å². The van der Waals surface area contributed by atoms with Crippen LogP contribution in [0.3, 0.4) is 0 Å². The number of nitrogens with zero attached hydrogens (tertiary/aromatic N) is 2. The lowest BCUT2D eigenvalue weighted by Crippen LogP contribution is -1.95. The molecule has 0 radical (unpaired) electrons. The summed E-state index contributed by atoms with van der Waals surface area (Å²) in [5, 5.41) is 5.54. The van der Waals surface area contributed by atoms with E-state index in [1.54, 1.807) is 18.2 Å². The lowest BCUT2D eigenvalue weighted by molar-refractivity contribution is 1.23. The third-order valence-corrected chi connectivity index (χ3v) is 4.04. The van der Waals surface area contributed by atoms with Gasteiger partial charge in [-0.15, -0.1) is 0 Å². The average molecular weight is 369 g/mol. The summed E-state index contributed by atoms with van der Waals surface area (Å²) in [5.74, 6) is 0.287. The van der Waals surface area contributed by atoms with Crippen molar-refractivity contribution in [3.8, 4) is 0 Å². The second kappa shape index (κ2) is 6.83. The highest BCUT2D eigenvalue weighted by molar-refractivity contribution is 6.43. The molecular weight excluding hydrogens is 363 g/mol. The van der Waals surface area contributed by atoms with Crippen LogP contribution in [0.4, 0.5) is 5.82 Å². The Morgan fingerprint density at radius 3 is 2.50 bits per heavy atom. The highest BCUT2D eigenvalue weighted by Gasteiger charge is 2.07. The Labute approximate surface area is 140 Å². The largest absolute Gasteiger partial charge is 0.260 e. The molecule has 0 fully saturated rings. The molecule has 0 atom stereocenters. The summed E-state index contributed by atoms with van der Waals surface area (Å²) < 4.78 is 0. The van der Waals surface area contributed by atoms with Crippen molar-refractivity contribution in [3.05, 3.63) is 55.1 Å². The van der Waals surface area contributed by atoms with Gasteiger partial charge >= 0.3 is 0 Å². The van der Waals surface area contributed by atoms with Crippen LogP contribution in [0.15, 0.2) is 29.4 Å². The van der Waals surface area contributed by atoms with Crippen LogP contribution in [0.1, 0.15) is 5.56 Å². The molecule has 2 rings (SSSR count). The molecule has 1 aromatic carbocycles.